The summed E-state index contributed by atoms with van der Waals surface area (Å²) >= 11 is 1.81. The fraction of sp³-hybridized carbons (Fsp3) is 0.800. The van der Waals surface area contributed by atoms with Gasteiger partial charge in [-0.3, -0.25) is 0 Å². The molecule has 1 fully saturated rings. The zero-order valence-electron chi connectivity index (χ0n) is 12.5. The third-order valence-electron chi connectivity index (χ3n) is 3.85. The van der Waals surface area contributed by atoms with Gasteiger partial charge in [0.05, 0.1) is 18.3 Å². The lowest BCUT2D eigenvalue weighted by Gasteiger charge is -2.33. The molecule has 1 heterocycles. The number of thiazole rings is 1. The van der Waals surface area contributed by atoms with E-state index in [0.29, 0.717) is 6.04 Å². The predicted octanol–water partition coefficient (Wildman–Crippen LogP) is 3.52. The molecule has 0 radical (unpaired) electrons. The second-order valence-corrected chi connectivity index (χ2v) is 7.33. The summed E-state index contributed by atoms with van der Waals surface area (Å²) < 4.78 is 5.14. The van der Waals surface area contributed by atoms with Crippen molar-refractivity contribution in [1.29, 1.82) is 0 Å². The van der Waals surface area contributed by atoms with Gasteiger partial charge >= 0.3 is 0 Å². The molecule has 0 aliphatic heterocycles. The Bertz CT molecular complexity index is 393. The molecule has 108 valence electrons. The number of nitrogens with zero attached hydrogens (tertiary/aromatic N) is 1. The minimum atomic E-state index is 0.144. The summed E-state index contributed by atoms with van der Waals surface area (Å²) in [5.74, 6) is 0.760. The van der Waals surface area contributed by atoms with Gasteiger partial charge in [0.25, 0.3) is 0 Å². The van der Waals surface area contributed by atoms with Crippen LogP contribution in [0.3, 0.4) is 0 Å². The second-order valence-electron chi connectivity index (χ2n) is 6.44. The van der Waals surface area contributed by atoms with Crippen LogP contribution >= 0.6 is 11.3 Å². The summed E-state index contributed by atoms with van der Waals surface area (Å²) in [6.07, 6.45) is 4.02. The first-order valence-corrected chi connectivity index (χ1v) is 8.08. The molecule has 0 spiro atoms. The summed E-state index contributed by atoms with van der Waals surface area (Å²) in [7, 11) is 1.75. The van der Waals surface area contributed by atoms with Gasteiger partial charge in [-0.2, -0.15) is 0 Å². The van der Waals surface area contributed by atoms with Crippen molar-refractivity contribution in [1.82, 2.24) is 10.3 Å². The van der Waals surface area contributed by atoms with Crippen LogP contribution in [0.5, 0.6) is 0 Å². The van der Waals surface area contributed by atoms with Gasteiger partial charge in [-0.1, -0.05) is 27.2 Å². The van der Waals surface area contributed by atoms with Gasteiger partial charge in [0.15, 0.2) is 0 Å². The number of methoxy groups -OCH3 is 1. The third kappa shape index (κ3) is 3.77. The molecule has 0 aromatic carbocycles. The van der Waals surface area contributed by atoms with Gasteiger partial charge in [-0.15, -0.1) is 11.3 Å². The molecule has 0 bridgehead atoms. The molecule has 3 nitrogen and oxygen atoms in total. The van der Waals surface area contributed by atoms with E-state index in [1.54, 1.807) is 18.4 Å². The Balaban J connectivity index is 2.06. The highest BCUT2D eigenvalue weighted by Gasteiger charge is 2.31. The summed E-state index contributed by atoms with van der Waals surface area (Å²) in [6, 6.07) is 0.421. The Morgan fingerprint density at radius 2 is 2.21 bits per heavy atom. The van der Waals surface area contributed by atoms with E-state index in [9.17, 15) is 0 Å². The van der Waals surface area contributed by atoms with Crippen LogP contribution in [0.25, 0.3) is 0 Å². The number of nitrogens with one attached hydrogen (secondary N) is 1. The summed E-state index contributed by atoms with van der Waals surface area (Å²) in [5.41, 5.74) is 1.36. The number of hydrogen-bond acceptors (Lipinski definition) is 4. The van der Waals surface area contributed by atoms with Crippen LogP contribution in [0.2, 0.25) is 0 Å². The van der Waals surface area contributed by atoms with E-state index in [-0.39, 0.29) is 5.41 Å². The topological polar surface area (TPSA) is 34.1 Å². The Labute approximate surface area is 120 Å². The highest BCUT2D eigenvalue weighted by molar-refractivity contribution is 7.09. The fourth-order valence-electron chi connectivity index (χ4n) is 2.32. The quantitative estimate of drug-likeness (QED) is 0.811. The van der Waals surface area contributed by atoms with E-state index >= 15 is 0 Å². The Morgan fingerprint density at radius 3 is 2.68 bits per heavy atom. The predicted molar refractivity (Wildman–Crippen MR) is 80.8 cm³/mol. The van der Waals surface area contributed by atoms with Gasteiger partial charge in [0, 0.05) is 24.4 Å². The van der Waals surface area contributed by atoms with Crippen molar-refractivity contribution >= 4 is 11.3 Å². The molecule has 19 heavy (non-hydrogen) atoms. The Kier molecular flexibility index (Phi) is 4.98. The zero-order chi connectivity index (χ0) is 13.9. The van der Waals surface area contributed by atoms with Gasteiger partial charge < -0.3 is 10.1 Å². The van der Waals surface area contributed by atoms with Gasteiger partial charge in [-0.25, -0.2) is 4.98 Å². The molecule has 1 aromatic rings. The Morgan fingerprint density at radius 1 is 1.47 bits per heavy atom. The van der Waals surface area contributed by atoms with Crippen LogP contribution in [0, 0.1) is 5.92 Å². The first kappa shape index (κ1) is 14.9. The van der Waals surface area contributed by atoms with Gasteiger partial charge in [0.1, 0.15) is 5.01 Å². The first-order chi connectivity index (χ1) is 9.02. The first-order valence-electron chi connectivity index (χ1n) is 7.20. The molecule has 1 aliphatic carbocycles. The zero-order valence-corrected chi connectivity index (χ0v) is 13.3. The van der Waals surface area contributed by atoms with Crippen LogP contribution in [0.15, 0.2) is 5.38 Å². The second kappa shape index (κ2) is 6.33. The minimum Gasteiger partial charge on any atom is -0.383 e. The van der Waals surface area contributed by atoms with E-state index in [1.807, 2.05) is 0 Å². The van der Waals surface area contributed by atoms with E-state index in [2.05, 4.69) is 31.5 Å². The lowest BCUT2D eigenvalue weighted by atomic mass is 9.80. The van der Waals surface area contributed by atoms with Crippen LogP contribution in [0.4, 0.5) is 0 Å². The van der Waals surface area contributed by atoms with Gasteiger partial charge in [-0.05, 0) is 18.8 Å². The molecule has 1 aliphatic rings. The highest BCUT2D eigenvalue weighted by Crippen LogP contribution is 2.39. The molecule has 4 heteroatoms. The van der Waals surface area contributed by atoms with Crippen molar-refractivity contribution in [2.24, 2.45) is 5.92 Å². The molecular formula is C15H26N2OS. The van der Waals surface area contributed by atoms with Crippen molar-refractivity contribution in [2.75, 3.05) is 20.3 Å². The maximum Gasteiger partial charge on any atom is 0.110 e. The molecule has 0 saturated heterocycles. The lowest BCUT2D eigenvalue weighted by Crippen LogP contribution is -2.34. The van der Waals surface area contributed by atoms with Crippen molar-refractivity contribution in [2.45, 2.75) is 51.5 Å². The van der Waals surface area contributed by atoms with Gasteiger partial charge in [0.2, 0.25) is 0 Å². The average molecular weight is 282 g/mol. The van der Waals surface area contributed by atoms with Crippen molar-refractivity contribution in [3.05, 3.63) is 16.1 Å². The van der Waals surface area contributed by atoms with E-state index in [4.69, 9.17) is 9.72 Å². The Hall–Kier alpha value is -0.450. The van der Waals surface area contributed by atoms with Crippen LogP contribution < -0.4 is 5.32 Å². The van der Waals surface area contributed by atoms with E-state index < -0.39 is 0 Å². The molecule has 2 rings (SSSR count). The smallest absolute Gasteiger partial charge is 0.110 e. The standard InChI is InChI=1S/C15H26N2OS/c1-15(2,3)12-10-19-14(17-12)13(11-6-5-7-11)16-8-9-18-4/h10-11,13,16H,5-9H2,1-4H3. The molecule has 1 saturated carbocycles. The maximum atomic E-state index is 5.14. The minimum absolute atomic E-state index is 0.144. The summed E-state index contributed by atoms with van der Waals surface area (Å²) in [5, 5.41) is 7.10. The average Bonchev–Trinajstić information content (AvgIpc) is 2.74. The van der Waals surface area contributed by atoms with Crippen molar-refractivity contribution in [3.63, 3.8) is 0 Å². The number of hydrogen-bond donors (Lipinski definition) is 1. The molecule has 1 N–H and O–H groups in total. The molecule has 1 unspecified atom stereocenters. The number of rotatable bonds is 6. The van der Waals surface area contributed by atoms with Crippen molar-refractivity contribution in [3.8, 4) is 0 Å². The SMILES string of the molecule is COCCNC(c1nc(C(C)(C)C)cs1)C1CCC1. The molecule has 1 aromatic heterocycles. The van der Waals surface area contributed by atoms with E-state index in [1.165, 1.54) is 30.0 Å². The molecule has 1 atom stereocenters. The van der Waals surface area contributed by atoms with Crippen LogP contribution in [0.1, 0.15) is 56.8 Å². The largest absolute Gasteiger partial charge is 0.383 e. The van der Waals surface area contributed by atoms with Crippen LogP contribution in [-0.4, -0.2) is 25.2 Å². The summed E-state index contributed by atoms with van der Waals surface area (Å²) in [6.45, 7) is 8.34. The summed E-state index contributed by atoms with van der Waals surface area (Å²) in [4.78, 5) is 4.88. The third-order valence-corrected chi connectivity index (χ3v) is 4.78. The highest BCUT2D eigenvalue weighted by atomic mass is 32.1. The maximum absolute atomic E-state index is 5.14. The monoisotopic (exact) mass is 282 g/mol. The number of aromatic nitrogens is 1. The van der Waals surface area contributed by atoms with Crippen LogP contribution in [-0.2, 0) is 10.2 Å². The number of ether oxygens (including phenoxy) is 1. The normalized spacial score (nSPS) is 18.3. The fourth-order valence-corrected chi connectivity index (χ4v) is 3.53. The lowest BCUT2D eigenvalue weighted by molar-refractivity contribution is 0.176. The van der Waals surface area contributed by atoms with E-state index in [0.717, 1.165) is 19.1 Å². The van der Waals surface area contributed by atoms with Crippen molar-refractivity contribution < 1.29 is 4.74 Å². The molecule has 0 amide bonds. The molecular weight excluding hydrogens is 256 g/mol.